The van der Waals surface area contributed by atoms with Gasteiger partial charge in [-0.3, -0.25) is 14.5 Å². The van der Waals surface area contributed by atoms with E-state index >= 15 is 0 Å². The van der Waals surface area contributed by atoms with Crippen LogP contribution in [-0.4, -0.2) is 77.9 Å². The van der Waals surface area contributed by atoms with E-state index in [2.05, 4.69) is 10.3 Å². The molecule has 0 aromatic heterocycles. The highest BCUT2D eigenvalue weighted by molar-refractivity contribution is 6.02. The zero-order valence-corrected chi connectivity index (χ0v) is 16.0. The van der Waals surface area contributed by atoms with Crippen molar-refractivity contribution in [2.24, 2.45) is 4.99 Å². The Morgan fingerprint density at radius 3 is 2.41 bits per heavy atom. The van der Waals surface area contributed by atoms with Crippen LogP contribution in [0.5, 0.6) is 0 Å². The summed E-state index contributed by atoms with van der Waals surface area (Å²) in [5.41, 5.74) is 0.425. The Kier molecular flexibility index (Phi) is 5.24. The number of halogens is 3. The number of anilines is 1. The van der Waals surface area contributed by atoms with Crippen molar-refractivity contribution >= 4 is 29.9 Å². The first kappa shape index (κ1) is 20.6. The third kappa shape index (κ3) is 3.89. The zero-order chi connectivity index (χ0) is 21.5. The van der Waals surface area contributed by atoms with E-state index in [1.54, 1.807) is 0 Å². The smallest absolute Gasteiger partial charge is 0.338 e. The van der Waals surface area contributed by atoms with Gasteiger partial charge in [-0.05, 0) is 24.6 Å². The summed E-state index contributed by atoms with van der Waals surface area (Å²) in [6.07, 6.45) is -3.70. The fourth-order valence-corrected chi connectivity index (χ4v) is 3.25. The first-order chi connectivity index (χ1) is 13.5. The standard InChI is InChI=1S/C18H20F3N5O3/c1-10(18(19,20)21)11-4-6-12(7-5-11)23-13(27)8-26-9-22-15-14(26)16(28)25(3)17(29)24(15)2/h4-7,9-10,14-15H,8H2,1-3H3,(H,23,27). The molecule has 2 heterocycles. The molecule has 0 saturated carbocycles. The number of likely N-dealkylation sites (N-methyl/N-ethyl adjacent to an activating group) is 2. The van der Waals surface area contributed by atoms with Gasteiger partial charge in [-0.1, -0.05) is 12.1 Å². The van der Waals surface area contributed by atoms with Crippen LogP contribution < -0.4 is 5.32 Å². The number of benzene rings is 1. The van der Waals surface area contributed by atoms with Crippen LogP contribution in [0.1, 0.15) is 18.4 Å². The van der Waals surface area contributed by atoms with Gasteiger partial charge in [0.25, 0.3) is 5.91 Å². The third-order valence-electron chi connectivity index (χ3n) is 5.09. The molecule has 156 valence electrons. The molecule has 3 rings (SSSR count). The SMILES string of the molecule is CC(c1ccc(NC(=O)CN2C=NC3C2C(=O)N(C)C(=O)N3C)cc1)C(F)(F)F. The van der Waals surface area contributed by atoms with E-state index in [4.69, 9.17) is 0 Å². The molecule has 0 bridgehead atoms. The summed E-state index contributed by atoms with van der Waals surface area (Å²) in [5.74, 6) is -2.54. The van der Waals surface area contributed by atoms with Crippen LogP contribution in [0.2, 0.25) is 0 Å². The van der Waals surface area contributed by atoms with Gasteiger partial charge >= 0.3 is 12.2 Å². The minimum absolute atomic E-state index is 0.0913. The van der Waals surface area contributed by atoms with Crippen LogP contribution in [-0.2, 0) is 9.59 Å². The average Bonchev–Trinajstić information content (AvgIpc) is 3.07. The lowest BCUT2D eigenvalue weighted by Crippen LogP contribution is -2.64. The quantitative estimate of drug-likeness (QED) is 0.820. The first-order valence-electron chi connectivity index (χ1n) is 8.80. The molecular formula is C18H20F3N5O3. The van der Waals surface area contributed by atoms with Crippen molar-refractivity contribution in [2.45, 2.75) is 31.2 Å². The van der Waals surface area contributed by atoms with E-state index in [9.17, 15) is 27.6 Å². The topological polar surface area (TPSA) is 85.3 Å². The molecule has 8 nitrogen and oxygen atoms in total. The van der Waals surface area contributed by atoms with Crippen molar-refractivity contribution in [1.82, 2.24) is 14.7 Å². The molecule has 0 spiro atoms. The largest absolute Gasteiger partial charge is 0.395 e. The summed E-state index contributed by atoms with van der Waals surface area (Å²) in [6, 6.07) is 4.11. The lowest BCUT2D eigenvalue weighted by Gasteiger charge is -2.39. The molecule has 2 aliphatic rings. The summed E-state index contributed by atoms with van der Waals surface area (Å²) < 4.78 is 38.3. The second kappa shape index (κ2) is 7.37. The minimum atomic E-state index is -4.34. The monoisotopic (exact) mass is 411 g/mol. The number of hydrogen-bond donors (Lipinski definition) is 1. The molecule has 29 heavy (non-hydrogen) atoms. The predicted octanol–water partition coefficient (Wildman–Crippen LogP) is 1.85. The molecular weight excluding hydrogens is 391 g/mol. The number of carbonyl (C=O) groups is 3. The van der Waals surface area contributed by atoms with E-state index in [1.807, 2.05) is 0 Å². The molecule has 1 fully saturated rings. The molecule has 0 radical (unpaired) electrons. The number of fused-ring (bicyclic) bond motifs is 1. The number of rotatable bonds is 4. The van der Waals surface area contributed by atoms with Gasteiger partial charge in [0.15, 0.2) is 12.2 Å². The van der Waals surface area contributed by atoms with Crippen molar-refractivity contribution in [3.05, 3.63) is 29.8 Å². The van der Waals surface area contributed by atoms with Crippen LogP contribution in [0.3, 0.4) is 0 Å². The Bertz CT molecular complexity index is 855. The van der Waals surface area contributed by atoms with Crippen molar-refractivity contribution < 1.29 is 27.6 Å². The molecule has 3 atom stereocenters. The zero-order valence-electron chi connectivity index (χ0n) is 16.0. The van der Waals surface area contributed by atoms with Crippen LogP contribution in [0.4, 0.5) is 23.7 Å². The Labute approximate surface area is 165 Å². The normalized spacial score (nSPS) is 22.8. The molecule has 4 amide bonds. The van der Waals surface area contributed by atoms with Gasteiger partial charge in [0, 0.05) is 19.8 Å². The lowest BCUT2D eigenvalue weighted by atomic mass is 10.0. The summed E-state index contributed by atoms with van der Waals surface area (Å²) in [4.78, 5) is 44.6. The van der Waals surface area contributed by atoms with Gasteiger partial charge in [0.05, 0.1) is 18.8 Å². The molecule has 2 aliphatic heterocycles. The van der Waals surface area contributed by atoms with E-state index in [1.165, 1.54) is 54.5 Å². The first-order valence-corrected chi connectivity index (χ1v) is 8.80. The fourth-order valence-electron chi connectivity index (χ4n) is 3.25. The number of nitrogens with zero attached hydrogens (tertiary/aromatic N) is 4. The number of nitrogens with one attached hydrogen (secondary N) is 1. The van der Waals surface area contributed by atoms with Crippen molar-refractivity contribution in [2.75, 3.05) is 26.0 Å². The Hall–Kier alpha value is -3.11. The van der Waals surface area contributed by atoms with Crippen LogP contribution in [0.15, 0.2) is 29.3 Å². The molecule has 11 heteroatoms. The summed E-state index contributed by atoms with van der Waals surface area (Å²) in [7, 11) is 2.88. The lowest BCUT2D eigenvalue weighted by molar-refractivity contribution is -0.146. The average molecular weight is 411 g/mol. The van der Waals surface area contributed by atoms with E-state index in [0.29, 0.717) is 5.69 Å². The maximum absolute atomic E-state index is 12.8. The van der Waals surface area contributed by atoms with E-state index < -0.39 is 42.1 Å². The number of hydrogen-bond acceptors (Lipinski definition) is 5. The number of aliphatic imine (C=N–C) groups is 1. The third-order valence-corrected chi connectivity index (χ3v) is 5.09. The number of alkyl halides is 3. The molecule has 3 unspecified atom stereocenters. The predicted molar refractivity (Wildman–Crippen MR) is 98.2 cm³/mol. The Balaban J connectivity index is 1.64. The van der Waals surface area contributed by atoms with Crippen LogP contribution in [0.25, 0.3) is 0 Å². The molecule has 1 saturated heterocycles. The summed E-state index contributed by atoms with van der Waals surface area (Å²) >= 11 is 0. The highest BCUT2D eigenvalue weighted by Gasteiger charge is 2.48. The minimum Gasteiger partial charge on any atom is -0.338 e. The Morgan fingerprint density at radius 1 is 1.21 bits per heavy atom. The number of carbonyl (C=O) groups excluding carboxylic acids is 3. The van der Waals surface area contributed by atoms with Crippen LogP contribution in [0, 0.1) is 0 Å². The van der Waals surface area contributed by atoms with Gasteiger partial charge < -0.3 is 15.1 Å². The summed E-state index contributed by atoms with van der Waals surface area (Å²) in [5, 5.41) is 2.59. The second-order valence-electron chi connectivity index (χ2n) is 7.02. The van der Waals surface area contributed by atoms with Crippen LogP contribution >= 0.6 is 0 Å². The summed E-state index contributed by atoms with van der Waals surface area (Å²) in [6.45, 7) is 0.865. The van der Waals surface area contributed by atoms with Gasteiger partial charge in [-0.25, -0.2) is 9.79 Å². The van der Waals surface area contributed by atoms with Crippen molar-refractivity contribution in [1.29, 1.82) is 0 Å². The van der Waals surface area contributed by atoms with Gasteiger partial charge in [-0.2, -0.15) is 13.2 Å². The maximum atomic E-state index is 12.8. The highest BCUT2D eigenvalue weighted by Crippen LogP contribution is 2.34. The molecule has 1 N–H and O–H groups in total. The Morgan fingerprint density at radius 2 is 1.83 bits per heavy atom. The number of amides is 4. The number of imide groups is 1. The molecule has 1 aromatic rings. The second-order valence-corrected chi connectivity index (χ2v) is 7.02. The van der Waals surface area contributed by atoms with Gasteiger partial charge in [0.1, 0.15) is 0 Å². The van der Waals surface area contributed by atoms with Crippen molar-refractivity contribution in [3.63, 3.8) is 0 Å². The maximum Gasteiger partial charge on any atom is 0.395 e. The highest BCUT2D eigenvalue weighted by atomic mass is 19.4. The fraction of sp³-hybridized carbons (Fsp3) is 0.444. The molecule has 1 aromatic carbocycles. The van der Waals surface area contributed by atoms with Gasteiger partial charge in [-0.15, -0.1) is 0 Å². The van der Waals surface area contributed by atoms with E-state index in [0.717, 1.165) is 11.8 Å². The van der Waals surface area contributed by atoms with Crippen molar-refractivity contribution in [3.8, 4) is 0 Å². The number of urea groups is 1. The molecule has 0 aliphatic carbocycles. The van der Waals surface area contributed by atoms with E-state index in [-0.39, 0.29) is 12.1 Å². The van der Waals surface area contributed by atoms with Gasteiger partial charge in [0.2, 0.25) is 5.91 Å².